The Morgan fingerprint density at radius 3 is 2.30 bits per heavy atom. The van der Waals surface area contributed by atoms with E-state index in [9.17, 15) is 13.2 Å². The molecule has 0 spiro atoms. The van der Waals surface area contributed by atoms with Gasteiger partial charge in [0, 0.05) is 39.4 Å². The Morgan fingerprint density at radius 1 is 1.15 bits per heavy atom. The van der Waals surface area contributed by atoms with Gasteiger partial charge in [-0.2, -0.15) is 4.31 Å². The number of amides is 1. The zero-order valence-electron chi connectivity index (χ0n) is 15.8. The van der Waals surface area contributed by atoms with Crippen LogP contribution in [0, 0.1) is 5.92 Å². The van der Waals surface area contributed by atoms with E-state index in [-0.39, 0.29) is 10.8 Å². The van der Waals surface area contributed by atoms with E-state index < -0.39 is 15.9 Å². The monoisotopic (exact) mass is 395 g/mol. The summed E-state index contributed by atoms with van der Waals surface area (Å²) in [5.41, 5.74) is 6.42. The molecule has 1 unspecified atom stereocenters. The average molecular weight is 396 g/mol. The second kappa shape index (κ2) is 8.68. The third kappa shape index (κ3) is 4.87. The van der Waals surface area contributed by atoms with Crippen molar-refractivity contribution in [3.8, 4) is 0 Å². The molecule has 0 bridgehead atoms. The molecule has 1 atom stereocenters. The Balaban J connectivity index is 1.73. The Morgan fingerprint density at radius 2 is 1.74 bits per heavy atom. The van der Waals surface area contributed by atoms with Crippen LogP contribution >= 0.6 is 0 Å². The lowest BCUT2D eigenvalue weighted by molar-refractivity contribution is -0.120. The topological polar surface area (TPSA) is 92.9 Å². The highest BCUT2D eigenvalue weighted by Gasteiger charge is 2.29. The summed E-state index contributed by atoms with van der Waals surface area (Å²) in [5, 5.41) is 0. The molecule has 1 aromatic carbocycles. The molecule has 150 valence electrons. The van der Waals surface area contributed by atoms with Crippen molar-refractivity contribution in [3.05, 3.63) is 29.8 Å². The van der Waals surface area contributed by atoms with E-state index in [0.29, 0.717) is 25.4 Å². The molecule has 27 heavy (non-hydrogen) atoms. The van der Waals surface area contributed by atoms with Gasteiger partial charge in [-0.15, -0.1) is 0 Å². The first kappa shape index (κ1) is 20.3. The standard InChI is InChI=1S/C19H29N3O4S/c1-21-8-10-22(11-9-21)27(24,25)17-4-2-16(3-5-17)18(19(20)23)14-15-6-12-26-13-7-15/h2-5,15,18H,6-14H2,1H3,(H2,20,23). The fourth-order valence-electron chi connectivity index (χ4n) is 3.78. The molecule has 3 rings (SSSR count). The first-order valence-corrected chi connectivity index (χ1v) is 11.0. The van der Waals surface area contributed by atoms with E-state index in [1.807, 2.05) is 7.05 Å². The van der Waals surface area contributed by atoms with Crippen molar-refractivity contribution < 1.29 is 17.9 Å². The number of primary amides is 1. The lowest BCUT2D eigenvalue weighted by Crippen LogP contribution is -2.47. The molecule has 2 heterocycles. The first-order chi connectivity index (χ1) is 12.9. The van der Waals surface area contributed by atoms with Gasteiger partial charge in [-0.3, -0.25) is 4.79 Å². The number of nitrogens with two attached hydrogens (primary N) is 1. The minimum absolute atomic E-state index is 0.269. The summed E-state index contributed by atoms with van der Waals surface area (Å²) in [7, 11) is -1.51. The van der Waals surface area contributed by atoms with Gasteiger partial charge in [0.2, 0.25) is 15.9 Å². The number of hydrogen-bond donors (Lipinski definition) is 1. The molecule has 0 aliphatic carbocycles. The number of piperazine rings is 1. The van der Waals surface area contributed by atoms with Crippen molar-refractivity contribution in [2.75, 3.05) is 46.4 Å². The van der Waals surface area contributed by atoms with Crippen LogP contribution in [0.3, 0.4) is 0 Å². The van der Waals surface area contributed by atoms with Crippen molar-refractivity contribution in [1.29, 1.82) is 0 Å². The van der Waals surface area contributed by atoms with Gasteiger partial charge in [0.1, 0.15) is 0 Å². The van der Waals surface area contributed by atoms with Crippen molar-refractivity contribution in [3.63, 3.8) is 0 Å². The third-order valence-corrected chi connectivity index (χ3v) is 7.55. The van der Waals surface area contributed by atoms with E-state index in [1.165, 1.54) is 4.31 Å². The predicted octanol–water partition coefficient (Wildman–Crippen LogP) is 1.01. The van der Waals surface area contributed by atoms with Crippen LogP contribution in [-0.4, -0.2) is 70.0 Å². The van der Waals surface area contributed by atoms with Crippen LogP contribution in [0.1, 0.15) is 30.7 Å². The number of benzene rings is 1. The summed E-state index contributed by atoms with van der Waals surface area (Å²) in [6, 6.07) is 6.67. The fraction of sp³-hybridized carbons (Fsp3) is 0.632. The summed E-state index contributed by atoms with van der Waals surface area (Å²) in [6.45, 7) is 3.89. The molecule has 2 N–H and O–H groups in total. The Bertz CT molecular complexity index is 737. The number of carbonyl (C=O) groups is 1. The lowest BCUT2D eigenvalue weighted by Gasteiger charge is -2.31. The van der Waals surface area contributed by atoms with Crippen LogP contribution < -0.4 is 5.73 Å². The summed E-state index contributed by atoms with van der Waals surface area (Å²) in [6.07, 6.45) is 2.54. The highest BCUT2D eigenvalue weighted by atomic mass is 32.2. The number of sulfonamides is 1. The van der Waals surface area contributed by atoms with Crippen LogP contribution in [0.25, 0.3) is 0 Å². The van der Waals surface area contributed by atoms with Crippen molar-refractivity contribution in [2.24, 2.45) is 11.7 Å². The molecular formula is C19H29N3O4S. The molecular weight excluding hydrogens is 366 g/mol. The van der Waals surface area contributed by atoms with E-state index in [2.05, 4.69) is 4.90 Å². The maximum atomic E-state index is 12.8. The van der Waals surface area contributed by atoms with Gasteiger partial charge in [-0.1, -0.05) is 12.1 Å². The summed E-state index contributed by atoms with van der Waals surface area (Å²) >= 11 is 0. The molecule has 0 saturated carbocycles. The van der Waals surface area contributed by atoms with Gasteiger partial charge < -0.3 is 15.4 Å². The van der Waals surface area contributed by atoms with E-state index in [0.717, 1.165) is 44.7 Å². The smallest absolute Gasteiger partial charge is 0.243 e. The van der Waals surface area contributed by atoms with Crippen molar-refractivity contribution >= 4 is 15.9 Å². The SMILES string of the molecule is CN1CCN(S(=O)(=O)c2ccc(C(CC3CCOCC3)C(N)=O)cc2)CC1. The van der Waals surface area contributed by atoms with Crippen LogP contribution in [0.4, 0.5) is 0 Å². The summed E-state index contributed by atoms with van der Waals surface area (Å²) < 4.78 is 32.6. The molecule has 1 amide bonds. The highest BCUT2D eigenvalue weighted by Crippen LogP contribution is 2.30. The number of carbonyl (C=O) groups excluding carboxylic acids is 1. The molecule has 7 nitrogen and oxygen atoms in total. The van der Waals surface area contributed by atoms with Crippen molar-refractivity contribution in [2.45, 2.75) is 30.1 Å². The van der Waals surface area contributed by atoms with Gasteiger partial charge in [-0.05, 0) is 49.9 Å². The van der Waals surface area contributed by atoms with Gasteiger partial charge >= 0.3 is 0 Å². The zero-order chi connectivity index (χ0) is 19.4. The van der Waals surface area contributed by atoms with Gasteiger partial charge in [-0.25, -0.2) is 8.42 Å². The Hall–Kier alpha value is -1.48. The normalized spacial score (nSPS) is 21.8. The zero-order valence-corrected chi connectivity index (χ0v) is 16.7. The number of likely N-dealkylation sites (N-methyl/N-ethyl adjacent to an activating group) is 1. The minimum Gasteiger partial charge on any atom is -0.381 e. The molecule has 2 saturated heterocycles. The number of ether oxygens (including phenoxy) is 1. The number of hydrogen-bond acceptors (Lipinski definition) is 5. The predicted molar refractivity (Wildman–Crippen MR) is 103 cm³/mol. The molecule has 2 aliphatic rings. The molecule has 2 fully saturated rings. The lowest BCUT2D eigenvalue weighted by atomic mass is 9.85. The number of rotatable bonds is 6. The Labute approximate surface area is 161 Å². The summed E-state index contributed by atoms with van der Waals surface area (Å²) in [4.78, 5) is 14.4. The van der Waals surface area contributed by atoms with Crippen LogP contribution in [0.15, 0.2) is 29.2 Å². The maximum absolute atomic E-state index is 12.8. The second-order valence-electron chi connectivity index (χ2n) is 7.52. The van der Waals surface area contributed by atoms with Gasteiger partial charge in [0.25, 0.3) is 0 Å². The van der Waals surface area contributed by atoms with Gasteiger partial charge in [0.15, 0.2) is 0 Å². The maximum Gasteiger partial charge on any atom is 0.243 e. The molecule has 8 heteroatoms. The molecule has 2 aliphatic heterocycles. The Kier molecular flexibility index (Phi) is 6.52. The first-order valence-electron chi connectivity index (χ1n) is 9.53. The van der Waals surface area contributed by atoms with Crippen LogP contribution in [0.2, 0.25) is 0 Å². The number of nitrogens with zero attached hydrogens (tertiary/aromatic N) is 2. The second-order valence-corrected chi connectivity index (χ2v) is 9.46. The van der Waals surface area contributed by atoms with Crippen molar-refractivity contribution in [1.82, 2.24) is 9.21 Å². The largest absolute Gasteiger partial charge is 0.381 e. The van der Waals surface area contributed by atoms with E-state index in [4.69, 9.17) is 10.5 Å². The van der Waals surface area contributed by atoms with Gasteiger partial charge in [0.05, 0.1) is 10.8 Å². The quantitative estimate of drug-likeness (QED) is 0.776. The summed E-state index contributed by atoms with van der Waals surface area (Å²) in [5.74, 6) is -0.352. The van der Waals surface area contributed by atoms with Crippen LogP contribution in [0.5, 0.6) is 0 Å². The molecule has 1 aromatic rings. The van der Waals surface area contributed by atoms with E-state index in [1.54, 1.807) is 24.3 Å². The van der Waals surface area contributed by atoms with Crippen LogP contribution in [-0.2, 0) is 19.6 Å². The minimum atomic E-state index is -3.50. The highest BCUT2D eigenvalue weighted by molar-refractivity contribution is 7.89. The average Bonchev–Trinajstić information content (AvgIpc) is 2.67. The molecule has 0 aromatic heterocycles. The third-order valence-electron chi connectivity index (χ3n) is 5.64. The fourth-order valence-corrected chi connectivity index (χ4v) is 5.20. The molecule has 0 radical (unpaired) electrons. The van der Waals surface area contributed by atoms with E-state index >= 15 is 0 Å².